The molecule has 0 aromatic heterocycles. The first-order valence-electron chi connectivity index (χ1n) is 7.44. The van der Waals surface area contributed by atoms with Crippen molar-refractivity contribution in [3.63, 3.8) is 0 Å². The maximum Gasteiger partial charge on any atom is 0.407 e. The van der Waals surface area contributed by atoms with E-state index in [4.69, 9.17) is 4.74 Å². The van der Waals surface area contributed by atoms with E-state index in [1.54, 1.807) is 0 Å². The van der Waals surface area contributed by atoms with Gasteiger partial charge in [0.1, 0.15) is 11.9 Å². The van der Waals surface area contributed by atoms with Crippen molar-refractivity contribution in [2.45, 2.75) is 50.7 Å². The standard InChI is InChI=1S/C17H21NO3/c1-17(2,3)21-16(20)18-15-13-8-12(14(15)9-19)10-6-4-5-7-11(10)13/h4-7,9,12-15H,8H2,1-3H3,(H,18,20). The van der Waals surface area contributed by atoms with E-state index < -0.39 is 11.7 Å². The maximum atomic E-state index is 12.0. The van der Waals surface area contributed by atoms with Gasteiger partial charge in [0.05, 0.1) is 0 Å². The number of carbonyl (C=O) groups excluding carboxylic acids is 2. The van der Waals surface area contributed by atoms with Crippen LogP contribution < -0.4 is 5.32 Å². The van der Waals surface area contributed by atoms with Crippen LogP contribution >= 0.6 is 0 Å². The molecular formula is C17H21NO3. The van der Waals surface area contributed by atoms with Gasteiger partial charge in [0, 0.05) is 17.9 Å². The molecule has 3 rings (SSSR count). The fraction of sp³-hybridized carbons (Fsp3) is 0.529. The first kappa shape index (κ1) is 14.1. The van der Waals surface area contributed by atoms with Crippen LogP contribution in [0.3, 0.4) is 0 Å². The number of rotatable bonds is 2. The van der Waals surface area contributed by atoms with Crippen molar-refractivity contribution < 1.29 is 14.3 Å². The number of carbonyl (C=O) groups is 2. The zero-order valence-electron chi connectivity index (χ0n) is 12.6. The number of ether oxygens (including phenoxy) is 1. The fourth-order valence-electron chi connectivity index (χ4n) is 3.76. The Kier molecular flexibility index (Phi) is 3.27. The second-order valence-electron chi connectivity index (χ2n) is 6.96. The van der Waals surface area contributed by atoms with Gasteiger partial charge in [-0.15, -0.1) is 0 Å². The molecule has 0 heterocycles. The SMILES string of the molecule is CC(C)(C)OC(=O)NC1C2CC(c3ccccc32)C1C=O. The number of benzene rings is 1. The lowest BCUT2D eigenvalue weighted by molar-refractivity contribution is -0.111. The zero-order chi connectivity index (χ0) is 15.2. The number of nitrogens with one attached hydrogen (secondary N) is 1. The molecular weight excluding hydrogens is 266 g/mol. The number of fused-ring (bicyclic) bond motifs is 5. The van der Waals surface area contributed by atoms with Gasteiger partial charge < -0.3 is 14.8 Å². The molecule has 112 valence electrons. The quantitative estimate of drug-likeness (QED) is 0.851. The highest BCUT2D eigenvalue weighted by atomic mass is 16.6. The lowest BCUT2D eigenvalue weighted by Gasteiger charge is -2.31. The minimum absolute atomic E-state index is 0.155. The van der Waals surface area contributed by atoms with E-state index in [1.807, 2.05) is 32.9 Å². The molecule has 0 spiro atoms. The van der Waals surface area contributed by atoms with Gasteiger partial charge in [0.25, 0.3) is 0 Å². The summed E-state index contributed by atoms with van der Waals surface area (Å²) in [7, 11) is 0. The van der Waals surface area contributed by atoms with Crippen LogP contribution in [0.15, 0.2) is 24.3 Å². The van der Waals surface area contributed by atoms with Crippen LogP contribution in [0.4, 0.5) is 4.79 Å². The van der Waals surface area contributed by atoms with Gasteiger partial charge >= 0.3 is 6.09 Å². The third-order valence-corrected chi connectivity index (χ3v) is 4.46. The Labute approximate surface area is 124 Å². The van der Waals surface area contributed by atoms with Crippen molar-refractivity contribution in [1.82, 2.24) is 5.32 Å². The highest BCUT2D eigenvalue weighted by molar-refractivity contribution is 5.71. The Morgan fingerprint density at radius 1 is 1.24 bits per heavy atom. The summed E-state index contributed by atoms with van der Waals surface area (Å²) in [6.45, 7) is 5.50. The Balaban J connectivity index is 1.81. The average molecular weight is 287 g/mol. The van der Waals surface area contributed by atoms with Crippen LogP contribution in [0.25, 0.3) is 0 Å². The van der Waals surface area contributed by atoms with Crippen molar-refractivity contribution in [2.24, 2.45) is 5.92 Å². The molecule has 2 bridgehead atoms. The Morgan fingerprint density at radius 3 is 2.43 bits per heavy atom. The number of hydrogen-bond acceptors (Lipinski definition) is 3. The Bertz CT molecular complexity index is 576. The van der Waals surface area contributed by atoms with E-state index in [9.17, 15) is 9.59 Å². The topological polar surface area (TPSA) is 55.4 Å². The lowest BCUT2D eigenvalue weighted by Crippen LogP contribution is -2.45. The molecule has 1 saturated carbocycles. The van der Waals surface area contributed by atoms with Crippen LogP contribution in [-0.2, 0) is 9.53 Å². The molecule has 0 saturated heterocycles. The van der Waals surface area contributed by atoms with E-state index in [0.29, 0.717) is 0 Å². The molecule has 21 heavy (non-hydrogen) atoms. The summed E-state index contributed by atoms with van der Waals surface area (Å²) < 4.78 is 5.32. The molecule has 2 aliphatic rings. The number of hydrogen-bond donors (Lipinski definition) is 1. The molecule has 1 amide bonds. The molecule has 1 aromatic carbocycles. The minimum Gasteiger partial charge on any atom is -0.444 e. The third-order valence-electron chi connectivity index (χ3n) is 4.46. The molecule has 0 radical (unpaired) electrons. The second-order valence-corrected chi connectivity index (χ2v) is 6.96. The van der Waals surface area contributed by atoms with Gasteiger partial charge in [-0.3, -0.25) is 0 Å². The van der Waals surface area contributed by atoms with Gasteiger partial charge in [0.15, 0.2) is 0 Å². The fourth-order valence-corrected chi connectivity index (χ4v) is 3.76. The zero-order valence-corrected chi connectivity index (χ0v) is 12.6. The highest BCUT2D eigenvalue weighted by Gasteiger charge is 2.51. The van der Waals surface area contributed by atoms with Crippen molar-refractivity contribution in [1.29, 1.82) is 0 Å². The van der Waals surface area contributed by atoms with Crippen molar-refractivity contribution in [2.75, 3.05) is 0 Å². The monoisotopic (exact) mass is 287 g/mol. The van der Waals surface area contributed by atoms with Crippen LogP contribution in [0.5, 0.6) is 0 Å². The first-order chi connectivity index (χ1) is 9.90. The summed E-state index contributed by atoms with van der Waals surface area (Å²) >= 11 is 0. The van der Waals surface area contributed by atoms with Crippen molar-refractivity contribution in [3.05, 3.63) is 35.4 Å². The normalized spacial score (nSPS) is 29.9. The predicted octanol–water partition coefficient (Wildman–Crippen LogP) is 2.98. The van der Waals surface area contributed by atoms with Crippen molar-refractivity contribution >= 4 is 12.4 Å². The highest BCUT2D eigenvalue weighted by Crippen LogP contribution is 2.55. The summed E-state index contributed by atoms with van der Waals surface area (Å²) in [5, 5.41) is 2.92. The molecule has 0 aliphatic heterocycles. The van der Waals surface area contributed by atoms with E-state index in [-0.39, 0.29) is 23.8 Å². The van der Waals surface area contributed by atoms with E-state index in [1.165, 1.54) is 11.1 Å². The van der Waals surface area contributed by atoms with Crippen molar-refractivity contribution in [3.8, 4) is 0 Å². The lowest BCUT2D eigenvalue weighted by atomic mass is 9.81. The Hall–Kier alpha value is -1.84. The molecule has 1 aromatic rings. The van der Waals surface area contributed by atoms with Crippen LogP contribution in [0.2, 0.25) is 0 Å². The summed E-state index contributed by atoms with van der Waals surface area (Å²) in [6, 6.07) is 8.07. The molecule has 1 N–H and O–H groups in total. The smallest absolute Gasteiger partial charge is 0.407 e. The molecule has 4 heteroatoms. The van der Waals surface area contributed by atoms with Gasteiger partial charge in [-0.2, -0.15) is 0 Å². The summed E-state index contributed by atoms with van der Waals surface area (Å²) in [6.07, 6.45) is 1.48. The van der Waals surface area contributed by atoms with Gasteiger partial charge in [0.2, 0.25) is 0 Å². The van der Waals surface area contributed by atoms with Crippen LogP contribution in [-0.4, -0.2) is 24.0 Å². The van der Waals surface area contributed by atoms with E-state index >= 15 is 0 Å². The number of amides is 1. The second kappa shape index (κ2) is 4.86. The largest absolute Gasteiger partial charge is 0.444 e. The van der Waals surface area contributed by atoms with E-state index in [0.717, 1.165) is 12.7 Å². The summed E-state index contributed by atoms with van der Waals surface area (Å²) in [4.78, 5) is 23.5. The maximum absolute atomic E-state index is 12.0. The first-order valence-corrected chi connectivity index (χ1v) is 7.44. The summed E-state index contributed by atoms with van der Waals surface area (Å²) in [5.74, 6) is 0.287. The summed E-state index contributed by atoms with van der Waals surface area (Å²) in [5.41, 5.74) is 2.00. The minimum atomic E-state index is -0.531. The molecule has 4 unspecified atom stereocenters. The average Bonchev–Trinajstić information content (AvgIpc) is 2.92. The molecule has 2 aliphatic carbocycles. The van der Waals surface area contributed by atoms with E-state index in [2.05, 4.69) is 17.4 Å². The predicted molar refractivity (Wildman–Crippen MR) is 79.3 cm³/mol. The molecule has 1 fully saturated rings. The van der Waals surface area contributed by atoms with Gasteiger partial charge in [-0.1, -0.05) is 24.3 Å². The Morgan fingerprint density at radius 2 is 1.86 bits per heavy atom. The third kappa shape index (κ3) is 2.43. The number of alkyl carbamates (subject to hydrolysis) is 1. The number of aldehydes is 1. The molecule has 4 nitrogen and oxygen atoms in total. The van der Waals surface area contributed by atoms with Crippen LogP contribution in [0, 0.1) is 5.92 Å². The molecule has 4 atom stereocenters. The van der Waals surface area contributed by atoms with Gasteiger partial charge in [-0.05, 0) is 44.2 Å². The van der Waals surface area contributed by atoms with Gasteiger partial charge in [-0.25, -0.2) is 4.79 Å². The van der Waals surface area contributed by atoms with Crippen LogP contribution in [0.1, 0.15) is 50.2 Å².